The second-order valence-electron chi connectivity index (χ2n) is 9.37. The maximum Gasteiger partial charge on any atom is 0.260 e. The summed E-state index contributed by atoms with van der Waals surface area (Å²) in [5.41, 5.74) is -0.443. The largest absolute Gasteiger partial charge is 0.374 e. The van der Waals surface area contributed by atoms with E-state index in [9.17, 15) is 14.7 Å². The Bertz CT molecular complexity index is 1080. The predicted octanol–water partition coefficient (Wildman–Crippen LogP) is 2.11. The maximum absolute atomic E-state index is 13.8. The van der Waals surface area contributed by atoms with Crippen LogP contribution in [0.25, 0.3) is 0 Å². The van der Waals surface area contributed by atoms with Crippen molar-refractivity contribution in [3.05, 3.63) is 46.7 Å². The average molecular weight is 487 g/mol. The van der Waals surface area contributed by atoms with Crippen LogP contribution in [0.4, 0.5) is 11.6 Å². The molecule has 2 aliphatic rings. The van der Waals surface area contributed by atoms with Gasteiger partial charge < -0.3 is 25.5 Å². The molecule has 4 rings (SSSR count). The molecule has 0 bridgehead atoms. The molecular weight excluding hydrogens is 456 g/mol. The highest BCUT2D eigenvalue weighted by Crippen LogP contribution is 2.37. The summed E-state index contributed by atoms with van der Waals surface area (Å²) in [4.78, 5) is 38.4. The third kappa shape index (κ3) is 4.47. The summed E-state index contributed by atoms with van der Waals surface area (Å²) in [6, 6.07) is 6.65. The monoisotopic (exact) mass is 486 g/mol. The van der Waals surface area contributed by atoms with Crippen molar-refractivity contribution in [3.8, 4) is 0 Å². The van der Waals surface area contributed by atoms with E-state index in [1.165, 1.54) is 6.33 Å². The quantitative estimate of drug-likeness (QED) is 0.573. The molecular formula is C24H31ClN6O3. The van der Waals surface area contributed by atoms with Gasteiger partial charge >= 0.3 is 0 Å². The van der Waals surface area contributed by atoms with Crippen molar-refractivity contribution in [1.29, 1.82) is 0 Å². The van der Waals surface area contributed by atoms with Crippen LogP contribution in [0, 0.1) is 0 Å². The van der Waals surface area contributed by atoms with Gasteiger partial charge in [-0.15, -0.1) is 0 Å². The first-order valence-corrected chi connectivity index (χ1v) is 11.9. The summed E-state index contributed by atoms with van der Waals surface area (Å²) in [7, 11) is 0. The zero-order chi connectivity index (χ0) is 24.6. The van der Waals surface area contributed by atoms with E-state index in [2.05, 4.69) is 25.5 Å². The molecule has 10 heteroatoms. The number of hydrogen-bond donors (Lipinski definition) is 3. The van der Waals surface area contributed by atoms with E-state index in [1.807, 2.05) is 27.7 Å². The van der Waals surface area contributed by atoms with E-state index in [0.29, 0.717) is 41.9 Å². The molecule has 1 aromatic carbocycles. The number of halogens is 1. The standard InChI is InChI=1S/C24H31ClN6O3/c1-14(2)26-12-24(34,17-5-7-18(25)8-6-17)23(33)31-10-9-30(11-15(31)3)21-19-16(4)22(32)29-20(19)27-13-28-21/h5-8,13-16,26,34H,9-12H2,1-4H3,(H,27,28,29,32)/t15-,16?,24-/m0/s1. The molecule has 3 N–H and O–H groups in total. The first-order chi connectivity index (χ1) is 16.1. The van der Waals surface area contributed by atoms with Crippen LogP contribution in [0.15, 0.2) is 30.6 Å². The molecule has 34 heavy (non-hydrogen) atoms. The summed E-state index contributed by atoms with van der Waals surface area (Å²) < 4.78 is 0. The minimum absolute atomic E-state index is 0.0861. The Hall–Kier alpha value is -2.75. The Labute approximate surface area is 204 Å². The van der Waals surface area contributed by atoms with E-state index in [1.54, 1.807) is 29.2 Å². The third-order valence-corrected chi connectivity index (χ3v) is 6.81. The second-order valence-corrected chi connectivity index (χ2v) is 9.80. The van der Waals surface area contributed by atoms with Crippen molar-refractivity contribution in [1.82, 2.24) is 20.2 Å². The first-order valence-electron chi connectivity index (χ1n) is 11.6. The number of fused-ring (bicyclic) bond motifs is 1. The molecule has 0 radical (unpaired) electrons. The lowest BCUT2D eigenvalue weighted by molar-refractivity contribution is -0.155. The number of anilines is 2. The molecule has 1 saturated heterocycles. The van der Waals surface area contributed by atoms with Gasteiger partial charge in [0, 0.05) is 48.8 Å². The van der Waals surface area contributed by atoms with Gasteiger partial charge in [-0.3, -0.25) is 9.59 Å². The van der Waals surface area contributed by atoms with Crippen LogP contribution in [0.2, 0.25) is 5.02 Å². The van der Waals surface area contributed by atoms with Crippen LogP contribution in [0.1, 0.15) is 44.7 Å². The first kappa shape index (κ1) is 24.4. The highest BCUT2D eigenvalue weighted by atomic mass is 35.5. The van der Waals surface area contributed by atoms with Gasteiger partial charge in [0.1, 0.15) is 18.0 Å². The summed E-state index contributed by atoms with van der Waals surface area (Å²) in [6.45, 7) is 9.26. The Morgan fingerprint density at radius 2 is 1.97 bits per heavy atom. The summed E-state index contributed by atoms with van der Waals surface area (Å²) in [5.74, 6) is 0.477. The highest BCUT2D eigenvalue weighted by Gasteiger charge is 2.44. The Morgan fingerprint density at radius 3 is 2.62 bits per heavy atom. The topological polar surface area (TPSA) is 111 Å². The van der Waals surface area contributed by atoms with Crippen molar-refractivity contribution >= 4 is 35.1 Å². The number of aromatic nitrogens is 2. The zero-order valence-corrected chi connectivity index (χ0v) is 20.6. The minimum atomic E-state index is -1.73. The number of hydrogen-bond acceptors (Lipinski definition) is 7. The van der Waals surface area contributed by atoms with Crippen LogP contribution < -0.4 is 15.5 Å². The molecule has 3 atom stereocenters. The van der Waals surface area contributed by atoms with Gasteiger partial charge in [0.25, 0.3) is 5.91 Å². The Kier molecular flexibility index (Phi) is 6.80. The highest BCUT2D eigenvalue weighted by molar-refractivity contribution is 6.30. The van der Waals surface area contributed by atoms with Gasteiger partial charge in [0.05, 0.1) is 5.92 Å². The molecule has 9 nitrogen and oxygen atoms in total. The molecule has 182 valence electrons. The van der Waals surface area contributed by atoms with Gasteiger partial charge in [-0.25, -0.2) is 9.97 Å². The van der Waals surface area contributed by atoms with Crippen LogP contribution in [0.5, 0.6) is 0 Å². The molecule has 2 aliphatic heterocycles. The molecule has 0 aliphatic carbocycles. The van der Waals surface area contributed by atoms with Crippen LogP contribution in [0.3, 0.4) is 0 Å². The molecule has 2 amide bonds. The number of nitrogens with zero attached hydrogens (tertiary/aromatic N) is 4. The predicted molar refractivity (Wildman–Crippen MR) is 131 cm³/mol. The SMILES string of the molecule is CC(C)NC[C@@](O)(C(=O)N1CCN(c2ncnc3c2C(C)C(=O)N3)C[C@@H]1C)c1ccc(Cl)cc1. The number of nitrogens with one attached hydrogen (secondary N) is 2. The number of rotatable bonds is 6. The average Bonchev–Trinajstić information content (AvgIpc) is 3.11. The summed E-state index contributed by atoms with van der Waals surface area (Å²) in [6.07, 6.45) is 1.45. The fourth-order valence-corrected chi connectivity index (χ4v) is 4.69. The van der Waals surface area contributed by atoms with Crippen LogP contribution in [-0.4, -0.2) is 70.1 Å². The van der Waals surface area contributed by atoms with E-state index in [4.69, 9.17) is 11.6 Å². The van der Waals surface area contributed by atoms with Crippen LogP contribution >= 0.6 is 11.6 Å². The maximum atomic E-state index is 13.8. The second kappa shape index (κ2) is 9.48. The normalized spacial score (nSPS) is 21.9. The molecule has 1 aromatic heterocycles. The summed E-state index contributed by atoms with van der Waals surface area (Å²) in [5, 5.41) is 18.2. The lowest BCUT2D eigenvalue weighted by atomic mass is 9.90. The fraction of sp³-hybridized carbons (Fsp3) is 0.500. The number of aliphatic hydroxyl groups is 1. The fourth-order valence-electron chi connectivity index (χ4n) is 4.56. The molecule has 2 aromatic rings. The number of carbonyl (C=O) groups is 2. The van der Waals surface area contributed by atoms with Crippen molar-refractivity contribution < 1.29 is 14.7 Å². The molecule has 0 spiro atoms. The molecule has 1 fully saturated rings. The van der Waals surface area contributed by atoms with Crippen molar-refractivity contribution in [2.75, 3.05) is 36.4 Å². The van der Waals surface area contributed by atoms with E-state index >= 15 is 0 Å². The number of carbonyl (C=O) groups excluding carboxylic acids is 2. The Morgan fingerprint density at radius 1 is 1.26 bits per heavy atom. The van der Waals surface area contributed by atoms with Crippen molar-refractivity contribution in [2.24, 2.45) is 0 Å². The molecule has 1 unspecified atom stereocenters. The Balaban J connectivity index is 1.57. The molecule has 0 saturated carbocycles. The number of amides is 2. The molecule has 3 heterocycles. The van der Waals surface area contributed by atoms with E-state index in [-0.39, 0.29) is 36.4 Å². The number of benzene rings is 1. The zero-order valence-electron chi connectivity index (χ0n) is 19.9. The van der Waals surface area contributed by atoms with Gasteiger partial charge in [0.15, 0.2) is 5.60 Å². The van der Waals surface area contributed by atoms with E-state index in [0.717, 1.165) is 5.56 Å². The van der Waals surface area contributed by atoms with Gasteiger partial charge in [-0.05, 0) is 31.5 Å². The lowest BCUT2D eigenvalue weighted by Crippen LogP contribution is -2.61. The van der Waals surface area contributed by atoms with Crippen molar-refractivity contribution in [3.63, 3.8) is 0 Å². The smallest absolute Gasteiger partial charge is 0.260 e. The van der Waals surface area contributed by atoms with Gasteiger partial charge in [-0.2, -0.15) is 0 Å². The van der Waals surface area contributed by atoms with Gasteiger partial charge in [0.2, 0.25) is 5.91 Å². The van der Waals surface area contributed by atoms with E-state index < -0.39 is 5.60 Å². The van der Waals surface area contributed by atoms with Crippen molar-refractivity contribution in [2.45, 2.75) is 51.3 Å². The van der Waals surface area contributed by atoms with Gasteiger partial charge in [-0.1, -0.05) is 37.6 Å². The lowest BCUT2D eigenvalue weighted by Gasteiger charge is -2.44. The minimum Gasteiger partial charge on any atom is -0.374 e. The van der Waals surface area contributed by atoms with Crippen LogP contribution in [-0.2, 0) is 15.2 Å². The summed E-state index contributed by atoms with van der Waals surface area (Å²) >= 11 is 6.04. The third-order valence-electron chi connectivity index (χ3n) is 6.56. The number of piperazine rings is 1.